The Morgan fingerprint density at radius 3 is 2.53 bits per heavy atom. The average molecular weight is 220 g/mol. The fourth-order valence-electron chi connectivity index (χ4n) is 0.777. The summed E-state index contributed by atoms with van der Waals surface area (Å²) in [7, 11) is 0. The summed E-state index contributed by atoms with van der Waals surface area (Å²) in [5.41, 5.74) is 4.85. The molecule has 1 aromatic rings. The maximum Gasteiger partial charge on any atom is 0.422 e. The summed E-state index contributed by atoms with van der Waals surface area (Å²) in [5.74, 6) is -0.824. The zero-order valence-electron chi connectivity index (χ0n) is 7.41. The topological polar surface area (TPSA) is 65.2 Å². The molecule has 15 heavy (non-hydrogen) atoms. The zero-order valence-corrected chi connectivity index (χ0v) is 7.41. The maximum atomic E-state index is 11.7. The molecule has 0 spiro atoms. The first-order chi connectivity index (χ1) is 6.88. The molecule has 1 heterocycles. The van der Waals surface area contributed by atoms with Crippen molar-refractivity contribution in [3.05, 3.63) is 24.0 Å². The van der Waals surface area contributed by atoms with Gasteiger partial charge in [-0.2, -0.15) is 13.2 Å². The van der Waals surface area contributed by atoms with Crippen molar-refractivity contribution in [2.45, 2.75) is 6.18 Å². The van der Waals surface area contributed by atoms with Gasteiger partial charge in [-0.15, -0.1) is 0 Å². The number of alkyl halides is 3. The molecule has 0 unspecified atom stereocenters. The normalized spacial score (nSPS) is 11.1. The molecule has 0 fully saturated rings. The maximum absolute atomic E-state index is 11.7. The Kier molecular flexibility index (Phi) is 3.13. The molecule has 0 saturated heterocycles. The average Bonchev–Trinajstić information content (AvgIpc) is 2.14. The van der Waals surface area contributed by atoms with Crippen molar-refractivity contribution in [1.82, 2.24) is 4.98 Å². The van der Waals surface area contributed by atoms with E-state index in [-0.39, 0.29) is 11.4 Å². The smallest absolute Gasteiger partial charge is 0.422 e. The molecule has 2 N–H and O–H groups in total. The number of nitrogens with zero attached hydrogens (tertiary/aromatic N) is 1. The summed E-state index contributed by atoms with van der Waals surface area (Å²) in [6, 6.07) is 2.38. The van der Waals surface area contributed by atoms with Gasteiger partial charge in [0.1, 0.15) is 11.4 Å². The van der Waals surface area contributed by atoms with Gasteiger partial charge in [-0.3, -0.25) is 4.79 Å². The van der Waals surface area contributed by atoms with Crippen LogP contribution >= 0.6 is 0 Å². The van der Waals surface area contributed by atoms with E-state index < -0.39 is 18.7 Å². The van der Waals surface area contributed by atoms with Crippen molar-refractivity contribution in [3.8, 4) is 5.75 Å². The third kappa shape index (κ3) is 3.84. The Labute approximate surface area is 82.9 Å². The summed E-state index contributed by atoms with van der Waals surface area (Å²) in [5, 5.41) is 0. The second-order valence-electron chi connectivity index (χ2n) is 2.65. The van der Waals surface area contributed by atoms with E-state index in [1.54, 1.807) is 0 Å². The fraction of sp³-hybridized carbons (Fsp3) is 0.250. The number of nitrogens with two attached hydrogens (primary N) is 1. The van der Waals surface area contributed by atoms with Crippen molar-refractivity contribution in [2.75, 3.05) is 6.61 Å². The molecular formula is C8H7F3N2O2. The van der Waals surface area contributed by atoms with Gasteiger partial charge < -0.3 is 10.5 Å². The molecule has 1 amide bonds. The van der Waals surface area contributed by atoms with Gasteiger partial charge in [-0.05, 0) is 12.1 Å². The van der Waals surface area contributed by atoms with Gasteiger partial charge >= 0.3 is 6.18 Å². The highest BCUT2D eigenvalue weighted by Crippen LogP contribution is 2.17. The Morgan fingerprint density at radius 2 is 2.13 bits per heavy atom. The van der Waals surface area contributed by atoms with Crippen LogP contribution < -0.4 is 10.5 Å². The number of carbonyl (C=O) groups is 1. The molecule has 1 rings (SSSR count). The first kappa shape index (κ1) is 11.3. The van der Waals surface area contributed by atoms with Crippen LogP contribution in [0.2, 0.25) is 0 Å². The van der Waals surface area contributed by atoms with Crippen LogP contribution in [0.4, 0.5) is 13.2 Å². The number of amides is 1. The molecule has 0 radical (unpaired) electrons. The minimum absolute atomic E-state index is 0.0330. The van der Waals surface area contributed by atoms with E-state index in [9.17, 15) is 18.0 Å². The van der Waals surface area contributed by atoms with Gasteiger partial charge in [-0.1, -0.05) is 0 Å². The number of aromatic nitrogens is 1. The Morgan fingerprint density at radius 1 is 1.47 bits per heavy atom. The van der Waals surface area contributed by atoms with Crippen LogP contribution in [0.1, 0.15) is 10.5 Å². The van der Waals surface area contributed by atoms with Gasteiger partial charge in [0.2, 0.25) is 0 Å². The lowest BCUT2D eigenvalue weighted by atomic mass is 10.3. The molecular weight excluding hydrogens is 213 g/mol. The van der Waals surface area contributed by atoms with Crippen molar-refractivity contribution in [2.24, 2.45) is 5.73 Å². The SMILES string of the molecule is NC(=O)c1ccc(OCC(F)(F)F)cn1. The van der Waals surface area contributed by atoms with E-state index in [0.717, 1.165) is 6.20 Å². The van der Waals surface area contributed by atoms with E-state index in [4.69, 9.17) is 5.73 Å². The highest BCUT2D eigenvalue weighted by molar-refractivity contribution is 5.90. The predicted octanol–water partition coefficient (Wildman–Crippen LogP) is 1.12. The van der Waals surface area contributed by atoms with Crippen LogP contribution in [-0.2, 0) is 0 Å². The molecule has 0 aliphatic heterocycles. The summed E-state index contributed by atoms with van der Waals surface area (Å²) >= 11 is 0. The first-order valence-corrected chi connectivity index (χ1v) is 3.84. The fourth-order valence-corrected chi connectivity index (χ4v) is 0.777. The van der Waals surface area contributed by atoms with Gasteiger partial charge in [0.15, 0.2) is 6.61 Å². The highest BCUT2D eigenvalue weighted by Gasteiger charge is 2.28. The molecule has 0 atom stereocenters. The summed E-state index contributed by atoms with van der Waals surface area (Å²) in [6.07, 6.45) is -3.39. The van der Waals surface area contributed by atoms with Crippen LogP contribution in [0.3, 0.4) is 0 Å². The highest BCUT2D eigenvalue weighted by atomic mass is 19.4. The van der Waals surface area contributed by atoms with E-state index in [1.165, 1.54) is 12.1 Å². The van der Waals surface area contributed by atoms with Gasteiger partial charge in [-0.25, -0.2) is 4.98 Å². The van der Waals surface area contributed by atoms with Gasteiger partial charge in [0, 0.05) is 0 Å². The van der Waals surface area contributed by atoms with Crippen LogP contribution in [0, 0.1) is 0 Å². The summed E-state index contributed by atoms with van der Waals surface area (Å²) < 4.78 is 39.6. The number of pyridine rings is 1. The first-order valence-electron chi connectivity index (χ1n) is 3.84. The Balaban J connectivity index is 2.61. The summed E-state index contributed by atoms with van der Waals surface area (Å²) in [6.45, 7) is -1.40. The molecule has 7 heteroatoms. The van der Waals surface area contributed by atoms with Crippen molar-refractivity contribution in [1.29, 1.82) is 0 Å². The van der Waals surface area contributed by atoms with E-state index in [1.807, 2.05) is 0 Å². The van der Waals surface area contributed by atoms with E-state index >= 15 is 0 Å². The van der Waals surface area contributed by atoms with Crippen molar-refractivity contribution >= 4 is 5.91 Å². The zero-order chi connectivity index (χ0) is 11.5. The predicted molar refractivity (Wildman–Crippen MR) is 44.3 cm³/mol. The molecule has 0 aromatic carbocycles. The molecule has 1 aromatic heterocycles. The molecule has 0 saturated carbocycles. The lowest BCUT2D eigenvalue weighted by Gasteiger charge is -2.08. The number of hydrogen-bond acceptors (Lipinski definition) is 3. The number of halogens is 3. The minimum Gasteiger partial charge on any atom is -0.483 e. The van der Waals surface area contributed by atoms with E-state index in [0.29, 0.717) is 0 Å². The quantitative estimate of drug-likeness (QED) is 0.830. The monoisotopic (exact) mass is 220 g/mol. The molecule has 0 aliphatic carbocycles. The van der Waals surface area contributed by atoms with Crippen LogP contribution in [0.25, 0.3) is 0 Å². The van der Waals surface area contributed by atoms with E-state index in [2.05, 4.69) is 9.72 Å². The molecule has 82 valence electrons. The van der Waals surface area contributed by atoms with Crippen LogP contribution in [-0.4, -0.2) is 23.7 Å². The second kappa shape index (κ2) is 4.16. The van der Waals surface area contributed by atoms with Crippen molar-refractivity contribution < 1.29 is 22.7 Å². The lowest BCUT2D eigenvalue weighted by Crippen LogP contribution is -2.19. The molecule has 4 nitrogen and oxygen atoms in total. The number of carbonyl (C=O) groups excluding carboxylic acids is 1. The third-order valence-corrected chi connectivity index (χ3v) is 1.39. The minimum atomic E-state index is -4.40. The van der Waals surface area contributed by atoms with Crippen LogP contribution in [0.15, 0.2) is 18.3 Å². The molecule has 0 bridgehead atoms. The van der Waals surface area contributed by atoms with Crippen LogP contribution in [0.5, 0.6) is 5.75 Å². The number of rotatable bonds is 3. The number of primary amides is 1. The standard InChI is InChI=1S/C8H7F3N2O2/c9-8(10,11)4-15-5-1-2-6(7(12)14)13-3-5/h1-3H,4H2,(H2,12,14). The van der Waals surface area contributed by atoms with Crippen molar-refractivity contribution in [3.63, 3.8) is 0 Å². The largest absolute Gasteiger partial charge is 0.483 e. The third-order valence-electron chi connectivity index (χ3n) is 1.39. The van der Waals surface area contributed by atoms with Gasteiger partial charge in [0.05, 0.1) is 6.20 Å². The lowest BCUT2D eigenvalue weighted by molar-refractivity contribution is -0.153. The Hall–Kier alpha value is -1.79. The second-order valence-corrected chi connectivity index (χ2v) is 2.65. The number of ether oxygens (including phenoxy) is 1. The summed E-state index contributed by atoms with van der Waals surface area (Å²) in [4.78, 5) is 14.1. The Bertz CT molecular complexity index is 348. The number of hydrogen-bond donors (Lipinski definition) is 1. The molecule has 0 aliphatic rings. The van der Waals surface area contributed by atoms with Gasteiger partial charge in [0.25, 0.3) is 5.91 Å².